The molecule has 0 aliphatic carbocycles. The first kappa shape index (κ1) is 23.4. The highest BCUT2D eigenvalue weighted by molar-refractivity contribution is 7.91. The number of carbonyl (C=O) groups excluding carboxylic acids is 1. The molecule has 0 saturated carbocycles. The number of benzene rings is 1. The average molecular weight is 450 g/mol. The summed E-state index contributed by atoms with van der Waals surface area (Å²) in [6, 6.07) is 9.85. The average Bonchev–Trinajstić information content (AvgIpc) is 3.18. The van der Waals surface area contributed by atoms with Crippen molar-refractivity contribution in [3.63, 3.8) is 0 Å². The predicted octanol–water partition coefficient (Wildman–Crippen LogP) is 2.07. The van der Waals surface area contributed by atoms with Crippen molar-refractivity contribution in [3.8, 4) is 0 Å². The van der Waals surface area contributed by atoms with Gasteiger partial charge in [-0.1, -0.05) is 37.3 Å². The number of aromatic nitrogens is 2. The Morgan fingerprint density at radius 2 is 2.03 bits per heavy atom. The van der Waals surface area contributed by atoms with Crippen LogP contribution in [0.3, 0.4) is 0 Å². The number of rotatable bonds is 10. The first-order valence-corrected chi connectivity index (χ1v) is 12.4. The van der Waals surface area contributed by atoms with E-state index in [-0.39, 0.29) is 29.3 Å². The van der Waals surface area contributed by atoms with Crippen LogP contribution in [0.25, 0.3) is 0 Å². The van der Waals surface area contributed by atoms with Gasteiger partial charge in [0.05, 0.1) is 43.9 Å². The molecule has 1 aliphatic heterocycles. The number of ether oxygens (including phenoxy) is 2. The van der Waals surface area contributed by atoms with Crippen LogP contribution in [0.5, 0.6) is 0 Å². The molecule has 0 unspecified atom stereocenters. The number of imidazole rings is 1. The highest BCUT2D eigenvalue weighted by Crippen LogP contribution is 2.20. The van der Waals surface area contributed by atoms with Gasteiger partial charge in [0.1, 0.15) is 0 Å². The molecule has 1 atom stereocenters. The van der Waals surface area contributed by atoms with Gasteiger partial charge in [-0.15, -0.1) is 0 Å². The van der Waals surface area contributed by atoms with Crippen LogP contribution in [0.1, 0.15) is 31.5 Å². The number of hydrogen-bond acceptors (Lipinski definition) is 7. The van der Waals surface area contributed by atoms with Crippen molar-refractivity contribution >= 4 is 15.8 Å². The van der Waals surface area contributed by atoms with Crippen LogP contribution in [0.15, 0.2) is 41.7 Å². The van der Waals surface area contributed by atoms with Crippen LogP contribution in [0.4, 0.5) is 0 Å². The summed E-state index contributed by atoms with van der Waals surface area (Å²) in [5.41, 5.74) is 1.95. The van der Waals surface area contributed by atoms with Crippen molar-refractivity contribution in [2.24, 2.45) is 0 Å². The fraction of sp³-hybridized carbons (Fsp3) is 0.545. The fourth-order valence-electron chi connectivity index (χ4n) is 3.73. The SMILES string of the molecule is CCOC(=O)C[C@H]1COCCN1Cc1cnc(S(=O)(=O)CC)n1CCc1ccccc1. The fourth-order valence-corrected chi connectivity index (χ4v) is 4.74. The van der Waals surface area contributed by atoms with Gasteiger partial charge >= 0.3 is 5.97 Å². The van der Waals surface area contributed by atoms with E-state index in [9.17, 15) is 13.2 Å². The molecule has 1 fully saturated rings. The topological polar surface area (TPSA) is 90.7 Å². The third-order valence-corrected chi connectivity index (χ3v) is 7.09. The molecule has 0 amide bonds. The lowest BCUT2D eigenvalue weighted by molar-refractivity contribution is -0.146. The van der Waals surface area contributed by atoms with E-state index < -0.39 is 9.84 Å². The maximum atomic E-state index is 12.6. The molecule has 9 heteroatoms. The summed E-state index contributed by atoms with van der Waals surface area (Å²) >= 11 is 0. The molecule has 1 aliphatic rings. The zero-order valence-electron chi connectivity index (χ0n) is 18.2. The van der Waals surface area contributed by atoms with Crippen molar-refractivity contribution in [1.82, 2.24) is 14.5 Å². The van der Waals surface area contributed by atoms with Gasteiger partial charge in [-0.2, -0.15) is 0 Å². The lowest BCUT2D eigenvalue weighted by Gasteiger charge is -2.35. The summed E-state index contributed by atoms with van der Waals surface area (Å²) in [5, 5.41) is 0.108. The minimum atomic E-state index is -3.46. The molecule has 0 spiro atoms. The molecule has 31 heavy (non-hydrogen) atoms. The molecule has 8 nitrogen and oxygen atoms in total. The lowest BCUT2D eigenvalue weighted by atomic mass is 10.1. The number of sulfone groups is 1. The summed E-state index contributed by atoms with van der Waals surface area (Å²) < 4.78 is 37.8. The van der Waals surface area contributed by atoms with E-state index in [0.717, 1.165) is 11.3 Å². The second kappa shape index (κ2) is 10.9. The summed E-state index contributed by atoms with van der Waals surface area (Å²) in [5.74, 6) is -0.257. The first-order valence-electron chi connectivity index (χ1n) is 10.7. The van der Waals surface area contributed by atoms with Crippen molar-refractivity contribution in [3.05, 3.63) is 47.8 Å². The molecule has 0 bridgehead atoms. The van der Waals surface area contributed by atoms with Gasteiger partial charge in [-0.3, -0.25) is 9.69 Å². The van der Waals surface area contributed by atoms with Gasteiger partial charge in [0.2, 0.25) is 15.0 Å². The van der Waals surface area contributed by atoms with Gasteiger partial charge in [-0.05, 0) is 18.9 Å². The molecule has 2 aromatic rings. The summed E-state index contributed by atoms with van der Waals surface area (Å²) in [6.07, 6.45) is 2.59. The number of carbonyl (C=O) groups is 1. The zero-order valence-corrected chi connectivity index (χ0v) is 19.0. The third-order valence-electron chi connectivity index (χ3n) is 5.45. The number of esters is 1. The van der Waals surface area contributed by atoms with Crippen LogP contribution < -0.4 is 0 Å². The van der Waals surface area contributed by atoms with Crippen molar-refractivity contribution in [1.29, 1.82) is 0 Å². The Bertz CT molecular complexity index is 959. The summed E-state index contributed by atoms with van der Waals surface area (Å²) in [7, 11) is -3.46. The highest BCUT2D eigenvalue weighted by atomic mass is 32.2. The standard InChI is InChI=1S/C22H31N3O5S/c1-3-30-21(26)14-19-17-29-13-12-24(19)16-20-15-23-22(31(27,28)4-2)25(20)11-10-18-8-6-5-7-9-18/h5-9,15,19H,3-4,10-14,16-17H2,1-2H3/t19-/m0/s1. The van der Waals surface area contributed by atoms with Crippen molar-refractivity contribution < 1.29 is 22.7 Å². The molecular weight excluding hydrogens is 418 g/mol. The van der Waals surface area contributed by atoms with Crippen molar-refractivity contribution in [2.45, 2.75) is 51.0 Å². The van der Waals surface area contributed by atoms with Gasteiger partial charge < -0.3 is 14.0 Å². The molecule has 0 radical (unpaired) electrons. The second-order valence-corrected chi connectivity index (χ2v) is 9.70. The molecule has 2 heterocycles. The van der Waals surface area contributed by atoms with E-state index in [2.05, 4.69) is 9.88 Å². The van der Waals surface area contributed by atoms with Crippen LogP contribution in [-0.2, 0) is 43.6 Å². The molecule has 170 valence electrons. The van der Waals surface area contributed by atoms with E-state index in [4.69, 9.17) is 9.47 Å². The zero-order chi connectivity index (χ0) is 22.3. The van der Waals surface area contributed by atoms with Crippen molar-refractivity contribution in [2.75, 3.05) is 32.1 Å². The number of nitrogens with zero attached hydrogens (tertiary/aromatic N) is 3. The van der Waals surface area contributed by atoms with Gasteiger partial charge in [0.15, 0.2) is 0 Å². The van der Waals surface area contributed by atoms with Crippen LogP contribution in [0.2, 0.25) is 0 Å². The molecule has 3 rings (SSSR count). The quantitative estimate of drug-likeness (QED) is 0.513. The first-order chi connectivity index (χ1) is 14.9. The minimum Gasteiger partial charge on any atom is -0.466 e. The van der Waals surface area contributed by atoms with Gasteiger partial charge in [0.25, 0.3) is 0 Å². The molecule has 1 aromatic heterocycles. The van der Waals surface area contributed by atoms with Crippen LogP contribution in [0, 0.1) is 0 Å². The normalized spacial score (nSPS) is 17.5. The maximum absolute atomic E-state index is 12.6. The highest BCUT2D eigenvalue weighted by Gasteiger charge is 2.28. The van der Waals surface area contributed by atoms with Gasteiger partial charge in [0, 0.05) is 25.7 Å². The Hall–Kier alpha value is -2.23. The van der Waals surface area contributed by atoms with E-state index in [1.165, 1.54) is 0 Å². The van der Waals surface area contributed by atoms with Gasteiger partial charge in [-0.25, -0.2) is 13.4 Å². The molecule has 1 saturated heterocycles. The monoisotopic (exact) mass is 449 g/mol. The molecule has 1 aromatic carbocycles. The number of hydrogen-bond donors (Lipinski definition) is 0. The molecular formula is C22H31N3O5S. The van der Waals surface area contributed by atoms with E-state index in [1.807, 2.05) is 34.9 Å². The second-order valence-electron chi connectivity index (χ2n) is 7.53. The third kappa shape index (κ3) is 6.15. The van der Waals surface area contributed by atoms with E-state index in [1.54, 1.807) is 20.0 Å². The Morgan fingerprint density at radius 3 is 2.74 bits per heavy atom. The summed E-state index contributed by atoms with van der Waals surface area (Å²) in [6.45, 7) is 6.43. The lowest BCUT2D eigenvalue weighted by Crippen LogP contribution is -2.46. The van der Waals surface area contributed by atoms with Crippen LogP contribution >= 0.6 is 0 Å². The Labute approximate surface area is 184 Å². The Morgan fingerprint density at radius 1 is 1.26 bits per heavy atom. The Balaban J connectivity index is 1.82. The van der Waals surface area contributed by atoms with Crippen LogP contribution in [-0.4, -0.2) is 67.0 Å². The predicted molar refractivity (Wildman–Crippen MR) is 116 cm³/mol. The maximum Gasteiger partial charge on any atom is 0.307 e. The van der Waals surface area contributed by atoms with E-state index >= 15 is 0 Å². The number of morpholine rings is 1. The molecule has 0 N–H and O–H groups in total. The number of aryl methyl sites for hydroxylation is 1. The largest absolute Gasteiger partial charge is 0.466 e. The smallest absolute Gasteiger partial charge is 0.307 e. The Kier molecular flexibility index (Phi) is 8.22. The van der Waals surface area contributed by atoms with E-state index in [0.29, 0.717) is 45.9 Å². The summed E-state index contributed by atoms with van der Waals surface area (Å²) in [4.78, 5) is 18.4. The minimum absolute atomic E-state index is 0.00215.